The van der Waals surface area contributed by atoms with Crippen molar-refractivity contribution < 1.29 is 67.5 Å². The fraction of sp³-hybridized carbons (Fsp3) is 0.667. The first-order valence-corrected chi connectivity index (χ1v) is 23.9. The van der Waals surface area contributed by atoms with Crippen LogP contribution in [0.15, 0.2) is 60.2 Å². The van der Waals surface area contributed by atoms with E-state index in [1.165, 1.54) is 45.6 Å². The molecule has 2 saturated heterocycles. The van der Waals surface area contributed by atoms with Crippen LogP contribution in [0.3, 0.4) is 0 Å². The number of ether oxygens (including phenoxy) is 6. The van der Waals surface area contributed by atoms with Gasteiger partial charge in [0.2, 0.25) is 5.79 Å². The van der Waals surface area contributed by atoms with E-state index in [9.17, 15) is 44.3 Å². The second-order valence-corrected chi connectivity index (χ2v) is 19.5. The largest absolute Gasteiger partial charge is 0.456 e. The zero-order valence-electron chi connectivity index (χ0n) is 40.8. The minimum absolute atomic E-state index is 0.0271. The highest BCUT2D eigenvalue weighted by atomic mass is 16.7. The van der Waals surface area contributed by atoms with E-state index in [0.717, 1.165) is 10.5 Å². The van der Waals surface area contributed by atoms with Crippen LogP contribution < -0.4 is 0 Å². The highest BCUT2D eigenvalue weighted by Crippen LogP contribution is 2.39. The highest BCUT2D eigenvalue weighted by Gasteiger charge is 2.56. The molecule has 0 aromatic heterocycles. The monoisotopic (exact) mass is 952 g/mol. The summed E-state index contributed by atoms with van der Waals surface area (Å²) in [5, 5.41) is 35.1. The lowest BCUT2D eigenvalue weighted by Crippen LogP contribution is -2.64. The lowest BCUT2D eigenvalue weighted by atomic mass is 9.81. The number of methoxy groups -OCH3 is 3. The Bertz CT molecular complexity index is 2040. The number of nitro benzene ring substituents is 1. The Morgan fingerprint density at radius 3 is 2.24 bits per heavy atom. The van der Waals surface area contributed by atoms with Gasteiger partial charge in [0.15, 0.2) is 0 Å². The van der Waals surface area contributed by atoms with Crippen LogP contribution >= 0.6 is 0 Å². The molecule has 1 amide bonds. The maximum Gasteiger partial charge on any atom is 0.338 e. The summed E-state index contributed by atoms with van der Waals surface area (Å²) in [6, 6.07) is 3.92. The van der Waals surface area contributed by atoms with Crippen LogP contribution in [0.25, 0.3) is 0 Å². The Kier molecular flexibility index (Phi) is 19.4. The number of ketones is 2. The van der Waals surface area contributed by atoms with Crippen molar-refractivity contribution in [3.63, 3.8) is 0 Å². The number of rotatable bonds is 10. The molecule has 2 N–H and O–H groups in total. The van der Waals surface area contributed by atoms with Crippen molar-refractivity contribution in [2.24, 2.45) is 29.6 Å². The fourth-order valence-corrected chi connectivity index (χ4v) is 10.5. The predicted octanol–water partition coefficient (Wildman–Crippen LogP) is 6.41. The van der Waals surface area contributed by atoms with Crippen molar-refractivity contribution in [2.45, 2.75) is 160 Å². The van der Waals surface area contributed by atoms with E-state index in [1.807, 2.05) is 26.0 Å². The molecule has 0 radical (unpaired) electrons. The number of carbonyl (C=O) groups excluding carboxylic acids is 5. The molecule has 1 aliphatic carbocycles. The van der Waals surface area contributed by atoms with Gasteiger partial charge in [-0.3, -0.25) is 24.5 Å². The number of aliphatic hydroxyl groups excluding tert-OH is 1. The fourth-order valence-electron chi connectivity index (χ4n) is 10.5. The Morgan fingerprint density at radius 2 is 1.60 bits per heavy atom. The first-order valence-electron chi connectivity index (χ1n) is 23.9. The van der Waals surface area contributed by atoms with Gasteiger partial charge in [-0.05, 0) is 108 Å². The number of carbonyl (C=O) groups is 5. The van der Waals surface area contributed by atoms with Crippen molar-refractivity contribution in [2.75, 3.05) is 27.9 Å². The highest BCUT2D eigenvalue weighted by molar-refractivity contribution is 6.39. The number of allylic oxidation sites excluding steroid dienone is 4. The van der Waals surface area contributed by atoms with E-state index in [1.54, 1.807) is 26.8 Å². The summed E-state index contributed by atoms with van der Waals surface area (Å²) in [5.41, 5.74) is 1.49. The molecule has 2 bridgehead atoms. The molecule has 17 heteroatoms. The summed E-state index contributed by atoms with van der Waals surface area (Å²) in [4.78, 5) is 82.1. The van der Waals surface area contributed by atoms with Crippen molar-refractivity contribution >= 4 is 35.1 Å². The van der Waals surface area contributed by atoms with Crippen LogP contribution in [-0.2, 0) is 47.6 Å². The lowest BCUT2D eigenvalue weighted by molar-refractivity contribution is -0.384. The Morgan fingerprint density at radius 1 is 0.941 bits per heavy atom. The van der Waals surface area contributed by atoms with Crippen molar-refractivity contribution in [3.05, 3.63) is 75.9 Å². The number of piperidine rings is 1. The summed E-state index contributed by atoms with van der Waals surface area (Å²) in [5.74, 6) is -9.01. The van der Waals surface area contributed by atoms with Crippen LogP contribution in [0.2, 0.25) is 0 Å². The molecule has 376 valence electrons. The molecule has 4 aliphatic rings. The second kappa shape index (κ2) is 24.3. The molecule has 5 rings (SSSR count). The van der Waals surface area contributed by atoms with Gasteiger partial charge in [-0.1, -0.05) is 44.6 Å². The molecular weight excluding hydrogens is 881 g/mol. The number of aliphatic hydroxyl groups is 2. The van der Waals surface area contributed by atoms with Crippen LogP contribution in [0, 0.1) is 39.7 Å². The molecule has 1 aromatic rings. The molecule has 1 aromatic carbocycles. The third-order valence-electron chi connectivity index (χ3n) is 14.4. The minimum atomic E-state index is -2.56. The Labute approximate surface area is 399 Å². The zero-order valence-corrected chi connectivity index (χ0v) is 40.8. The van der Waals surface area contributed by atoms with E-state index >= 15 is 0 Å². The van der Waals surface area contributed by atoms with E-state index < -0.39 is 101 Å². The average Bonchev–Trinajstić information content (AvgIpc) is 3.32. The second-order valence-electron chi connectivity index (χ2n) is 19.5. The predicted molar refractivity (Wildman–Crippen MR) is 249 cm³/mol. The number of cyclic esters (lactones) is 1. The van der Waals surface area contributed by atoms with Gasteiger partial charge < -0.3 is 43.5 Å². The molecule has 0 spiro atoms. The average molecular weight is 953 g/mol. The van der Waals surface area contributed by atoms with E-state index in [0.29, 0.717) is 56.9 Å². The molecule has 17 nitrogen and oxygen atoms in total. The summed E-state index contributed by atoms with van der Waals surface area (Å²) < 4.78 is 36.0. The van der Waals surface area contributed by atoms with Crippen molar-refractivity contribution in [1.82, 2.24) is 4.90 Å². The number of benzene rings is 1. The summed E-state index contributed by atoms with van der Waals surface area (Å²) in [6.45, 7) is 12.9. The molecule has 3 aliphatic heterocycles. The molecule has 3 fully saturated rings. The third kappa shape index (κ3) is 13.0. The van der Waals surface area contributed by atoms with Crippen LogP contribution in [-0.4, -0.2) is 132 Å². The third-order valence-corrected chi connectivity index (χ3v) is 14.4. The SMILES string of the molecule is C=CCC1/C=C(\C)CC(C)CC(OC)C2OC(O)(C(=O)C(=O)N3CCCCC3C(=O)OC(C(C)=CC3CCC(OC(=O)c4ccc([N+](=O)[O-])cc4)C(OC)C3)C(C)C(O)CC1=O)C(C)CC2OC. The van der Waals surface area contributed by atoms with Crippen LogP contribution in [0.1, 0.15) is 116 Å². The number of hydrogen-bond donors (Lipinski definition) is 2. The topological polar surface area (TPSA) is 228 Å². The maximum atomic E-state index is 14.5. The number of nitrogens with zero attached hydrogens (tertiary/aromatic N) is 2. The van der Waals surface area contributed by atoms with Gasteiger partial charge >= 0.3 is 11.9 Å². The number of fused-ring (bicyclic) bond motifs is 3. The quantitative estimate of drug-likeness (QED) is 0.0849. The Hall–Kier alpha value is -4.65. The summed E-state index contributed by atoms with van der Waals surface area (Å²) in [7, 11) is 4.53. The first-order chi connectivity index (χ1) is 32.3. The standard InChI is InChI=1S/C51H72N2O15/c1-10-13-36-23-29(2)22-30(3)24-43(64-8)46-44(65-9)26-32(5)51(60,68-46)47(56)48(57)52-21-12-11-14-38(52)50(59)67-45(33(6)39(54)28-40(36)55)31(4)25-34-15-20-41(42(27-34)63-7)66-49(58)35-16-18-37(19-17-35)53(61)62/h10,16-19,23,25,30,32-34,36,38-39,41-46,54,60H,1,11-15,20-22,24,26-28H2,2-9H3/b29-23+,31-25?. The van der Waals surface area contributed by atoms with Gasteiger partial charge in [-0.25, -0.2) is 9.59 Å². The number of hydrogen-bond acceptors (Lipinski definition) is 15. The molecule has 68 heavy (non-hydrogen) atoms. The van der Waals surface area contributed by atoms with Crippen molar-refractivity contribution in [3.8, 4) is 0 Å². The van der Waals surface area contributed by atoms with E-state index in [4.69, 9.17) is 28.4 Å². The molecule has 1 saturated carbocycles. The number of nitro groups is 1. The molecule has 14 unspecified atom stereocenters. The van der Waals surface area contributed by atoms with Gasteiger partial charge in [0.1, 0.15) is 30.1 Å². The molecule has 3 heterocycles. The van der Waals surface area contributed by atoms with E-state index in [2.05, 4.69) is 6.58 Å². The smallest absolute Gasteiger partial charge is 0.338 e. The summed E-state index contributed by atoms with van der Waals surface area (Å²) >= 11 is 0. The molecular formula is C51H72N2O15. The van der Waals surface area contributed by atoms with Gasteiger partial charge in [0, 0.05) is 64.2 Å². The number of non-ortho nitro benzene ring substituents is 1. The van der Waals surface area contributed by atoms with Crippen molar-refractivity contribution in [1.29, 1.82) is 0 Å². The van der Waals surface area contributed by atoms with Gasteiger partial charge in [0.25, 0.3) is 17.4 Å². The molecule has 14 atom stereocenters. The van der Waals surface area contributed by atoms with Crippen LogP contribution in [0.5, 0.6) is 0 Å². The van der Waals surface area contributed by atoms with E-state index in [-0.39, 0.29) is 54.7 Å². The van der Waals surface area contributed by atoms with Crippen LogP contribution in [0.4, 0.5) is 5.69 Å². The number of amides is 1. The van der Waals surface area contributed by atoms with Gasteiger partial charge in [0.05, 0.1) is 34.9 Å². The van der Waals surface area contributed by atoms with Gasteiger partial charge in [-0.15, -0.1) is 6.58 Å². The Balaban J connectivity index is 1.47. The normalized spacial score (nSPS) is 36.0. The number of Topliss-reactive ketones (excluding diaryl/α,β-unsaturated/α-hetero) is 2. The zero-order chi connectivity index (χ0) is 50.0. The van der Waals surface area contributed by atoms with Gasteiger partial charge in [-0.2, -0.15) is 0 Å². The lowest BCUT2D eigenvalue weighted by Gasteiger charge is -2.47. The summed E-state index contributed by atoms with van der Waals surface area (Å²) in [6.07, 6.45) is 3.58. The number of esters is 2. The first kappa shape index (κ1) is 54.3. The maximum absolute atomic E-state index is 14.5. The minimum Gasteiger partial charge on any atom is -0.456 e.